The summed E-state index contributed by atoms with van der Waals surface area (Å²) in [5.74, 6) is 2.51. The van der Waals surface area contributed by atoms with Gasteiger partial charge in [-0.2, -0.15) is 0 Å². The van der Waals surface area contributed by atoms with Crippen molar-refractivity contribution in [3.63, 3.8) is 0 Å². The molecule has 21 heavy (non-hydrogen) atoms. The highest BCUT2D eigenvalue weighted by Gasteiger charge is 2.19. The molecule has 0 spiro atoms. The number of rotatable bonds is 4. The molecule has 1 aromatic carbocycles. The van der Waals surface area contributed by atoms with Crippen molar-refractivity contribution in [2.45, 2.75) is 26.3 Å². The Morgan fingerprint density at radius 1 is 1.29 bits per heavy atom. The summed E-state index contributed by atoms with van der Waals surface area (Å²) in [5, 5.41) is 3.21. The van der Waals surface area contributed by atoms with Crippen molar-refractivity contribution < 1.29 is 14.3 Å². The molecule has 0 aromatic heterocycles. The molecule has 1 fully saturated rings. The standard InChI is InChI=1S/C16H22N2O3/c1-12-4-6-18(7-5-12)16(19)10-17-9-13-2-3-14-15(8-13)21-11-20-14/h2-3,8,12,17H,4-7,9-11H2,1H3. The number of fused-ring (bicyclic) bond motifs is 1. The predicted octanol–water partition coefficient (Wildman–Crippen LogP) is 1.76. The number of likely N-dealkylation sites (tertiary alicyclic amines) is 1. The van der Waals surface area contributed by atoms with Crippen LogP contribution in [0.15, 0.2) is 18.2 Å². The first kappa shape index (κ1) is 14.2. The highest BCUT2D eigenvalue weighted by atomic mass is 16.7. The summed E-state index contributed by atoms with van der Waals surface area (Å²) in [6.45, 7) is 5.38. The fourth-order valence-electron chi connectivity index (χ4n) is 2.73. The van der Waals surface area contributed by atoms with E-state index in [0.29, 0.717) is 13.1 Å². The number of carbonyl (C=O) groups is 1. The SMILES string of the molecule is CC1CCN(C(=O)CNCc2ccc3c(c2)OCO3)CC1. The summed E-state index contributed by atoms with van der Waals surface area (Å²) < 4.78 is 10.6. The van der Waals surface area contributed by atoms with Gasteiger partial charge in [0.15, 0.2) is 11.5 Å². The van der Waals surface area contributed by atoms with Crippen LogP contribution in [0.25, 0.3) is 0 Å². The maximum absolute atomic E-state index is 12.1. The number of benzene rings is 1. The summed E-state index contributed by atoms with van der Waals surface area (Å²) in [5.41, 5.74) is 1.10. The molecule has 5 nitrogen and oxygen atoms in total. The molecule has 2 aliphatic heterocycles. The van der Waals surface area contributed by atoms with Gasteiger partial charge in [-0.3, -0.25) is 4.79 Å². The number of piperidine rings is 1. The zero-order valence-electron chi connectivity index (χ0n) is 12.4. The van der Waals surface area contributed by atoms with E-state index in [1.165, 1.54) is 0 Å². The van der Waals surface area contributed by atoms with Crippen molar-refractivity contribution in [1.82, 2.24) is 10.2 Å². The van der Waals surface area contributed by atoms with Gasteiger partial charge >= 0.3 is 0 Å². The predicted molar refractivity (Wildman–Crippen MR) is 79.2 cm³/mol. The third kappa shape index (κ3) is 3.47. The second-order valence-corrected chi connectivity index (χ2v) is 5.85. The Labute approximate surface area is 125 Å². The van der Waals surface area contributed by atoms with Crippen LogP contribution in [-0.4, -0.2) is 37.2 Å². The number of hydrogen-bond donors (Lipinski definition) is 1. The molecule has 1 saturated heterocycles. The molecule has 0 saturated carbocycles. The Balaban J connectivity index is 1.44. The van der Waals surface area contributed by atoms with Crippen molar-refractivity contribution in [1.29, 1.82) is 0 Å². The quantitative estimate of drug-likeness (QED) is 0.918. The van der Waals surface area contributed by atoms with Crippen molar-refractivity contribution >= 4 is 5.91 Å². The lowest BCUT2D eigenvalue weighted by Crippen LogP contribution is -2.42. The topological polar surface area (TPSA) is 50.8 Å². The molecule has 114 valence electrons. The lowest BCUT2D eigenvalue weighted by molar-refractivity contribution is -0.131. The third-order valence-electron chi connectivity index (χ3n) is 4.18. The van der Waals surface area contributed by atoms with Crippen LogP contribution in [0.3, 0.4) is 0 Å². The summed E-state index contributed by atoms with van der Waals surface area (Å²) in [6, 6.07) is 5.86. The molecular formula is C16H22N2O3. The summed E-state index contributed by atoms with van der Waals surface area (Å²) in [7, 11) is 0. The molecule has 1 amide bonds. The first-order valence-corrected chi connectivity index (χ1v) is 7.59. The minimum atomic E-state index is 0.197. The van der Waals surface area contributed by atoms with Crippen molar-refractivity contribution in [3.8, 4) is 11.5 Å². The lowest BCUT2D eigenvalue weighted by Gasteiger charge is -2.30. The number of carbonyl (C=O) groups excluding carboxylic acids is 1. The van der Waals surface area contributed by atoms with E-state index in [0.717, 1.165) is 48.9 Å². The maximum Gasteiger partial charge on any atom is 0.236 e. The Morgan fingerprint density at radius 2 is 2.05 bits per heavy atom. The highest BCUT2D eigenvalue weighted by molar-refractivity contribution is 5.78. The van der Waals surface area contributed by atoms with E-state index in [1.54, 1.807) is 0 Å². The molecule has 0 radical (unpaired) electrons. The van der Waals surface area contributed by atoms with E-state index in [-0.39, 0.29) is 12.7 Å². The molecule has 0 atom stereocenters. The van der Waals surface area contributed by atoms with Gasteiger partial charge in [-0.15, -0.1) is 0 Å². The van der Waals surface area contributed by atoms with E-state index in [4.69, 9.17) is 9.47 Å². The lowest BCUT2D eigenvalue weighted by atomic mass is 9.99. The third-order valence-corrected chi connectivity index (χ3v) is 4.18. The minimum absolute atomic E-state index is 0.197. The van der Waals surface area contributed by atoms with Gasteiger partial charge in [-0.05, 0) is 36.5 Å². The fraction of sp³-hybridized carbons (Fsp3) is 0.562. The van der Waals surface area contributed by atoms with E-state index in [1.807, 2.05) is 23.1 Å². The number of hydrogen-bond acceptors (Lipinski definition) is 4. The number of ether oxygens (including phenoxy) is 2. The number of amides is 1. The Morgan fingerprint density at radius 3 is 2.86 bits per heavy atom. The van der Waals surface area contributed by atoms with E-state index >= 15 is 0 Å². The molecular weight excluding hydrogens is 268 g/mol. The molecule has 2 heterocycles. The molecule has 3 rings (SSSR count). The minimum Gasteiger partial charge on any atom is -0.454 e. The zero-order valence-corrected chi connectivity index (χ0v) is 12.4. The van der Waals surface area contributed by atoms with Gasteiger partial charge in [0.25, 0.3) is 0 Å². The van der Waals surface area contributed by atoms with Gasteiger partial charge in [-0.1, -0.05) is 13.0 Å². The second kappa shape index (κ2) is 6.35. The van der Waals surface area contributed by atoms with Gasteiger partial charge in [0.2, 0.25) is 12.7 Å². The maximum atomic E-state index is 12.1. The molecule has 1 aromatic rings. The number of nitrogens with zero attached hydrogens (tertiary/aromatic N) is 1. The van der Waals surface area contributed by atoms with Gasteiger partial charge < -0.3 is 19.7 Å². The molecule has 2 aliphatic rings. The molecule has 5 heteroatoms. The van der Waals surface area contributed by atoms with Crippen molar-refractivity contribution in [3.05, 3.63) is 23.8 Å². The largest absolute Gasteiger partial charge is 0.454 e. The first-order chi connectivity index (χ1) is 10.2. The molecule has 0 unspecified atom stereocenters. The van der Waals surface area contributed by atoms with Crippen LogP contribution in [0.5, 0.6) is 11.5 Å². The van der Waals surface area contributed by atoms with E-state index in [9.17, 15) is 4.79 Å². The van der Waals surface area contributed by atoms with Crippen molar-refractivity contribution in [2.75, 3.05) is 26.4 Å². The van der Waals surface area contributed by atoms with Crippen LogP contribution in [-0.2, 0) is 11.3 Å². The van der Waals surface area contributed by atoms with Crippen LogP contribution in [0.4, 0.5) is 0 Å². The van der Waals surface area contributed by atoms with Gasteiger partial charge in [0, 0.05) is 19.6 Å². The Bertz CT molecular complexity index is 510. The van der Waals surface area contributed by atoms with Gasteiger partial charge in [0.1, 0.15) is 0 Å². The first-order valence-electron chi connectivity index (χ1n) is 7.59. The molecule has 0 aliphatic carbocycles. The van der Waals surface area contributed by atoms with Gasteiger partial charge in [-0.25, -0.2) is 0 Å². The smallest absolute Gasteiger partial charge is 0.236 e. The Hall–Kier alpha value is -1.75. The van der Waals surface area contributed by atoms with Crippen LogP contribution in [0.2, 0.25) is 0 Å². The monoisotopic (exact) mass is 290 g/mol. The summed E-state index contributed by atoms with van der Waals surface area (Å²) >= 11 is 0. The van der Waals surface area contributed by atoms with Crippen LogP contribution in [0, 0.1) is 5.92 Å². The highest BCUT2D eigenvalue weighted by Crippen LogP contribution is 2.32. The normalized spacial score (nSPS) is 18.0. The van der Waals surface area contributed by atoms with Crippen molar-refractivity contribution in [2.24, 2.45) is 5.92 Å². The Kier molecular flexibility index (Phi) is 4.29. The van der Waals surface area contributed by atoms with Crippen LogP contribution in [0.1, 0.15) is 25.3 Å². The molecule has 0 bridgehead atoms. The average Bonchev–Trinajstić information content (AvgIpc) is 2.95. The second-order valence-electron chi connectivity index (χ2n) is 5.85. The van der Waals surface area contributed by atoms with Gasteiger partial charge in [0.05, 0.1) is 6.54 Å². The van der Waals surface area contributed by atoms with Crippen LogP contribution < -0.4 is 14.8 Å². The van der Waals surface area contributed by atoms with E-state index < -0.39 is 0 Å². The molecule has 1 N–H and O–H groups in total. The number of nitrogens with one attached hydrogen (secondary N) is 1. The zero-order chi connectivity index (χ0) is 14.7. The fourth-order valence-corrected chi connectivity index (χ4v) is 2.73. The van der Waals surface area contributed by atoms with Crippen LogP contribution >= 0.6 is 0 Å². The van der Waals surface area contributed by atoms with E-state index in [2.05, 4.69) is 12.2 Å². The summed E-state index contributed by atoms with van der Waals surface area (Å²) in [6.07, 6.45) is 2.24. The summed E-state index contributed by atoms with van der Waals surface area (Å²) in [4.78, 5) is 14.1. The average molecular weight is 290 g/mol.